The zero-order valence-corrected chi connectivity index (χ0v) is 8.73. The summed E-state index contributed by atoms with van der Waals surface area (Å²) in [6, 6.07) is 0. The Balaban J connectivity index is 2.78. The van der Waals surface area contributed by atoms with Gasteiger partial charge in [-0.25, -0.2) is 19.3 Å². The predicted octanol–water partition coefficient (Wildman–Crippen LogP) is 2.54. The third kappa shape index (κ3) is 1.53. The van der Waals surface area contributed by atoms with Gasteiger partial charge in [0.05, 0.1) is 0 Å². The molecule has 0 aromatic carbocycles. The molecule has 2 heterocycles. The van der Waals surface area contributed by atoms with E-state index in [1.807, 2.05) is 6.26 Å². The maximum absolute atomic E-state index is 13.4. The third-order valence-electron chi connectivity index (χ3n) is 1.68. The molecule has 3 nitrogen and oxygen atoms in total. The van der Waals surface area contributed by atoms with Gasteiger partial charge in [-0.05, 0) is 6.26 Å². The fraction of sp³-hybridized carbons (Fsp3) is 0.125. The normalized spacial score (nSPS) is 10.8. The molecule has 14 heavy (non-hydrogen) atoms. The van der Waals surface area contributed by atoms with Crippen LogP contribution in [0.15, 0.2) is 17.6 Å². The number of halogens is 2. The SMILES string of the molecule is CSc1ncc2cnc(Cl)c(F)c2n1. The highest BCUT2D eigenvalue weighted by Gasteiger charge is 2.09. The van der Waals surface area contributed by atoms with Crippen LogP contribution in [0.3, 0.4) is 0 Å². The van der Waals surface area contributed by atoms with Crippen LogP contribution in [-0.4, -0.2) is 21.2 Å². The van der Waals surface area contributed by atoms with Crippen LogP contribution in [0.2, 0.25) is 5.15 Å². The first-order valence-electron chi connectivity index (χ1n) is 3.73. The molecule has 0 unspecified atom stereocenters. The van der Waals surface area contributed by atoms with Crippen molar-refractivity contribution >= 4 is 34.3 Å². The summed E-state index contributed by atoms with van der Waals surface area (Å²) < 4.78 is 13.4. The lowest BCUT2D eigenvalue weighted by Gasteiger charge is -2.00. The van der Waals surface area contributed by atoms with Crippen LogP contribution in [0.5, 0.6) is 0 Å². The van der Waals surface area contributed by atoms with Crippen molar-refractivity contribution in [2.24, 2.45) is 0 Å². The van der Waals surface area contributed by atoms with E-state index in [1.165, 1.54) is 24.2 Å². The van der Waals surface area contributed by atoms with Crippen molar-refractivity contribution in [2.45, 2.75) is 5.16 Å². The predicted molar refractivity (Wildman–Crippen MR) is 54.1 cm³/mol. The van der Waals surface area contributed by atoms with Crippen molar-refractivity contribution in [1.82, 2.24) is 15.0 Å². The van der Waals surface area contributed by atoms with Gasteiger partial charge >= 0.3 is 0 Å². The molecular formula is C8H5ClFN3S. The molecule has 2 rings (SSSR count). The zero-order chi connectivity index (χ0) is 10.1. The summed E-state index contributed by atoms with van der Waals surface area (Å²) >= 11 is 6.88. The van der Waals surface area contributed by atoms with Gasteiger partial charge in [0.2, 0.25) is 0 Å². The van der Waals surface area contributed by atoms with E-state index in [1.54, 1.807) is 0 Å². The summed E-state index contributed by atoms with van der Waals surface area (Å²) in [7, 11) is 0. The average Bonchev–Trinajstić information content (AvgIpc) is 2.23. The molecule has 0 aliphatic heterocycles. The summed E-state index contributed by atoms with van der Waals surface area (Å²) in [6.07, 6.45) is 4.80. The highest BCUT2D eigenvalue weighted by atomic mass is 35.5. The lowest BCUT2D eigenvalue weighted by molar-refractivity contribution is 0.629. The van der Waals surface area contributed by atoms with Crippen LogP contribution >= 0.6 is 23.4 Å². The molecule has 2 aromatic rings. The molecule has 2 aromatic heterocycles. The van der Waals surface area contributed by atoms with Crippen molar-refractivity contribution in [1.29, 1.82) is 0 Å². The van der Waals surface area contributed by atoms with Gasteiger partial charge in [-0.2, -0.15) is 0 Å². The van der Waals surface area contributed by atoms with Crippen LogP contribution in [0.25, 0.3) is 10.9 Å². The lowest BCUT2D eigenvalue weighted by atomic mass is 10.3. The van der Waals surface area contributed by atoms with Crippen molar-refractivity contribution in [2.75, 3.05) is 6.26 Å². The summed E-state index contributed by atoms with van der Waals surface area (Å²) in [5.41, 5.74) is 0.212. The number of thioether (sulfide) groups is 1. The van der Waals surface area contributed by atoms with E-state index in [0.29, 0.717) is 10.5 Å². The molecule has 0 aliphatic rings. The third-order valence-corrected chi connectivity index (χ3v) is 2.51. The van der Waals surface area contributed by atoms with E-state index >= 15 is 0 Å². The zero-order valence-electron chi connectivity index (χ0n) is 7.16. The molecule has 0 saturated carbocycles. The maximum atomic E-state index is 13.4. The molecule has 6 heteroatoms. The van der Waals surface area contributed by atoms with E-state index in [9.17, 15) is 4.39 Å². The smallest absolute Gasteiger partial charge is 0.187 e. The van der Waals surface area contributed by atoms with E-state index < -0.39 is 5.82 Å². The van der Waals surface area contributed by atoms with Gasteiger partial charge in [0.25, 0.3) is 0 Å². The highest BCUT2D eigenvalue weighted by molar-refractivity contribution is 7.98. The lowest BCUT2D eigenvalue weighted by Crippen LogP contribution is -1.92. The quantitative estimate of drug-likeness (QED) is 0.428. The van der Waals surface area contributed by atoms with Gasteiger partial charge in [0.1, 0.15) is 5.52 Å². The fourth-order valence-electron chi connectivity index (χ4n) is 1.02. The van der Waals surface area contributed by atoms with Gasteiger partial charge in [-0.3, -0.25) is 0 Å². The highest BCUT2D eigenvalue weighted by Crippen LogP contribution is 2.21. The molecule has 0 amide bonds. The summed E-state index contributed by atoms with van der Waals surface area (Å²) in [6.45, 7) is 0. The molecular weight excluding hydrogens is 225 g/mol. The Morgan fingerprint density at radius 1 is 1.36 bits per heavy atom. The number of fused-ring (bicyclic) bond motifs is 1. The molecule has 0 spiro atoms. The Morgan fingerprint density at radius 3 is 2.79 bits per heavy atom. The van der Waals surface area contributed by atoms with Crippen molar-refractivity contribution < 1.29 is 4.39 Å². The molecule has 0 radical (unpaired) electrons. The van der Waals surface area contributed by atoms with E-state index in [0.717, 1.165) is 0 Å². The van der Waals surface area contributed by atoms with Crippen LogP contribution in [-0.2, 0) is 0 Å². The van der Waals surface area contributed by atoms with Crippen molar-refractivity contribution in [3.63, 3.8) is 0 Å². The fourth-order valence-corrected chi connectivity index (χ4v) is 1.50. The molecule has 72 valence electrons. The van der Waals surface area contributed by atoms with Crippen LogP contribution in [0.1, 0.15) is 0 Å². The molecule has 0 saturated heterocycles. The number of hydrogen-bond donors (Lipinski definition) is 0. The van der Waals surface area contributed by atoms with Crippen molar-refractivity contribution in [3.05, 3.63) is 23.4 Å². The van der Waals surface area contributed by atoms with Crippen molar-refractivity contribution in [3.8, 4) is 0 Å². The largest absolute Gasteiger partial charge is 0.241 e. The minimum atomic E-state index is -0.595. The Labute approximate surface area is 88.7 Å². The standard InChI is InChI=1S/C8H5ClFN3S/c1-14-8-12-3-4-2-11-7(9)5(10)6(4)13-8/h2-3H,1H3. The molecule has 0 aliphatic carbocycles. The summed E-state index contributed by atoms with van der Waals surface area (Å²) in [5.74, 6) is -0.595. The Hall–Kier alpha value is -0.940. The Bertz CT molecular complexity index is 491. The number of rotatable bonds is 1. The van der Waals surface area contributed by atoms with E-state index in [4.69, 9.17) is 11.6 Å². The van der Waals surface area contributed by atoms with Crippen LogP contribution < -0.4 is 0 Å². The van der Waals surface area contributed by atoms with E-state index in [-0.39, 0.29) is 10.7 Å². The molecule has 0 atom stereocenters. The first-order chi connectivity index (χ1) is 6.72. The number of aromatic nitrogens is 3. The maximum Gasteiger partial charge on any atom is 0.187 e. The van der Waals surface area contributed by atoms with Gasteiger partial charge in [-0.1, -0.05) is 23.4 Å². The first kappa shape index (κ1) is 9.61. The first-order valence-corrected chi connectivity index (χ1v) is 5.33. The average molecular weight is 230 g/mol. The Morgan fingerprint density at radius 2 is 2.07 bits per heavy atom. The second-order valence-electron chi connectivity index (χ2n) is 2.52. The number of pyridine rings is 1. The minimum absolute atomic E-state index is 0.164. The second-order valence-corrected chi connectivity index (χ2v) is 3.66. The number of hydrogen-bond acceptors (Lipinski definition) is 4. The topological polar surface area (TPSA) is 38.7 Å². The second kappa shape index (κ2) is 3.67. The van der Waals surface area contributed by atoms with Crippen LogP contribution in [0.4, 0.5) is 4.39 Å². The summed E-state index contributed by atoms with van der Waals surface area (Å²) in [5, 5.41) is 0.895. The van der Waals surface area contributed by atoms with Gasteiger partial charge in [0.15, 0.2) is 16.1 Å². The molecule has 0 bridgehead atoms. The van der Waals surface area contributed by atoms with Gasteiger partial charge in [-0.15, -0.1) is 0 Å². The monoisotopic (exact) mass is 229 g/mol. The van der Waals surface area contributed by atoms with Gasteiger partial charge in [0, 0.05) is 17.8 Å². The van der Waals surface area contributed by atoms with Crippen LogP contribution in [0, 0.1) is 5.82 Å². The van der Waals surface area contributed by atoms with Gasteiger partial charge < -0.3 is 0 Å². The molecule has 0 N–H and O–H groups in total. The molecule has 0 fully saturated rings. The summed E-state index contributed by atoms with van der Waals surface area (Å²) in [4.78, 5) is 11.7. The number of nitrogens with zero attached hydrogens (tertiary/aromatic N) is 3. The van der Waals surface area contributed by atoms with E-state index in [2.05, 4.69) is 15.0 Å². The Kier molecular flexibility index (Phi) is 2.52. The minimum Gasteiger partial charge on any atom is -0.241 e.